The summed E-state index contributed by atoms with van der Waals surface area (Å²) in [4.78, 5) is 2.04. The molecule has 1 heterocycles. The van der Waals surface area contributed by atoms with Crippen LogP contribution in [0.5, 0.6) is 0 Å². The van der Waals surface area contributed by atoms with Crippen LogP contribution < -0.4 is 0 Å². The number of hydrogen-bond acceptors (Lipinski definition) is 5. The molecule has 1 aliphatic carbocycles. The number of unbranched alkanes of at least 4 members (excludes halogenated alkanes) is 2. The third-order valence-corrected chi connectivity index (χ3v) is 6.61. The van der Waals surface area contributed by atoms with E-state index in [0.29, 0.717) is 31.7 Å². The number of rotatable bonds is 9. The Bertz CT molecular complexity index is 888. The van der Waals surface area contributed by atoms with E-state index in [1.165, 1.54) is 0 Å². The molecule has 3 N–H and O–H groups in total. The van der Waals surface area contributed by atoms with E-state index in [9.17, 15) is 14.6 Å². The minimum absolute atomic E-state index is 0.214. The third kappa shape index (κ3) is 7.41. The highest BCUT2D eigenvalue weighted by atomic mass is 19.1. The minimum Gasteiger partial charge on any atom is -0.462 e. The number of β-amino-alcohol motifs (C(OH)–C–C–N with tert-alkyl or cyclic N) is 1. The van der Waals surface area contributed by atoms with Crippen LogP contribution in [-0.4, -0.2) is 58.2 Å². The van der Waals surface area contributed by atoms with Crippen LogP contribution in [0.2, 0.25) is 0 Å². The van der Waals surface area contributed by atoms with Gasteiger partial charge < -0.3 is 20.1 Å². The quantitative estimate of drug-likeness (QED) is 0.386. The van der Waals surface area contributed by atoms with Crippen LogP contribution in [-0.2, 0) is 11.3 Å². The van der Waals surface area contributed by atoms with Crippen LogP contribution >= 0.6 is 0 Å². The molecular formula is C27H36FNO4. The van der Waals surface area contributed by atoms with Crippen LogP contribution in [0.15, 0.2) is 36.4 Å². The lowest BCUT2D eigenvalue weighted by Crippen LogP contribution is -2.39. The van der Waals surface area contributed by atoms with Gasteiger partial charge in [-0.2, -0.15) is 0 Å². The molecule has 4 atom stereocenters. The second kappa shape index (κ2) is 12.9. The monoisotopic (exact) mass is 457 g/mol. The Hall–Kier alpha value is -2.17. The first-order chi connectivity index (χ1) is 16.0. The highest BCUT2D eigenvalue weighted by Crippen LogP contribution is 2.25. The zero-order chi connectivity index (χ0) is 23.6. The van der Waals surface area contributed by atoms with Crippen molar-refractivity contribution in [3.05, 3.63) is 53.4 Å². The lowest BCUT2D eigenvalue weighted by Gasteiger charge is -2.27. The predicted molar refractivity (Wildman–Crippen MR) is 127 cm³/mol. The second-order valence-corrected chi connectivity index (χ2v) is 9.06. The van der Waals surface area contributed by atoms with E-state index in [2.05, 4.69) is 18.1 Å². The van der Waals surface area contributed by atoms with Gasteiger partial charge in [0.1, 0.15) is 11.9 Å². The summed E-state index contributed by atoms with van der Waals surface area (Å²) in [7, 11) is 0. The Kier molecular flexibility index (Phi) is 9.95. The number of aliphatic hydroxyl groups excluding tert-OH is 3. The Morgan fingerprint density at radius 1 is 1.15 bits per heavy atom. The second-order valence-electron chi connectivity index (χ2n) is 9.06. The smallest absolute Gasteiger partial charge is 0.131 e. The molecule has 1 unspecified atom stereocenters. The van der Waals surface area contributed by atoms with Crippen molar-refractivity contribution in [2.45, 2.75) is 70.3 Å². The van der Waals surface area contributed by atoms with Crippen molar-refractivity contribution in [2.24, 2.45) is 5.92 Å². The summed E-state index contributed by atoms with van der Waals surface area (Å²) in [5, 5.41) is 29.6. The van der Waals surface area contributed by atoms with Crippen LogP contribution in [0.4, 0.5) is 4.39 Å². The molecule has 0 bridgehead atoms. The van der Waals surface area contributed by atoms with Gasteiger partial charge in [-0.25, -0.2) is 4.39 Å². The molecule has 0 spiro atoms. The minimum atomic E-state index is -0.640. The molecule has 5 nitrogen and oxygen atoms in total. The van der Waals surface area contributed by atoms with Crippen LogP contribution in [0, 0.1) is 23.8 Å². The molecule has 1 fully saturated rings. The first-order valence-corrected chi connectivity index (χ1v) is 12.0. The Morgan fingerprint density at radius 2 is 2.00 bits per heavy atom. The van der Waals surface area contributed by atoms with Crippen molar-refractivity contribution in [1.82, 2.24) is 4.90 Å². The van der Waals surface area contributed by atoms with E-state index < -0.39 is 12.2 Å². The third-order valence-electron chi connectivity index (χ3n) is 6.61. The molecule has 0 amide bonds. The fourth-order valence-corrected chi connectivity index (χ4v) is 4.44. The van der Waals surface area contributed by atoms with Crippen molar-refractivity contribution < 1.29 is 24.4 Å². The van der Waals surface area contributed by atoms with E-state index in [0.717, 1.165) is 49.8 Å². The fraction of sp³-hybridized carbons (Fsp3) is 0.556. The van der Waals surface area contributed by atoms with E-state index in [1.807, 2.05) is 36.1 Å². The lowest BCUT2D eigenvalue weighted by atomic mass is 9.96. The van der Waals surface area contributed by atoms with Crippen LogP contribution in [0.25, 0.3) is 5.57 Å². The van der Waals surface area contributed by atoms with Gasteiger partial charge in [-0.05, 0) is 61.8 Å². The average Bonchev–Trinajstić information content (AvgIpc) is 2.91. The fourth-order valence-electron chi connectivity index (χ4n) is 4.44. The summed E-state index contributed by atoms with van der Waals surface area (Å²) in [6.45, 7) is 3.97. The lowest BCUT2D eigenvalue weighted by molar-refractivity contribution is 0.0266. The first kappa shape index (κ1) is 25.5. The molecule has 1 aromatic rings. The van der Waals surface area contributed by atoms with Crippen LogP contribution in [0.1, 0.15) is 56.6 Å². The van der Waals surface area contributed by atoms with E-state index >= 15 is 0 Å². The normalized spacial score (nSPS) is 25.8. The molecule has 0 aromatic heterocycles. The van der Waals surface area contributed by atoms with Crippen molar-refractivity contribution in [3.63, 3.8) is 0 Å². The van der Waals surface area contributed by atoms with Gasteiger partial charge in [-0.3, -0.25) is 4.90 Å². The molecule has 33 heavy (non-hydrogen) atoms. The molecule has 0 radical (unpaired) electrons. The molecule has 0 saturated carbocycles. The topological polar surface area (TPSA) is 73.2 Å². The first-order valence-electron chi connectivity index (χ1n) is 12.0. The number of halogens is 1. The number of nitrogens with zero attached hydrogens (tertiary/aromatic N) is 1. The van der Waals surface area contributed by atoms with Crippen molar-refractivity contribution in [1.29, 1.82) is 0 Å². The standard InChI is InChI=1S/C27H36FNO4/c1-20-26(31)17-23(12-14-30)29(18-27(20)32)13-6-3-7-15-33-19-21-10-11-24(25(28)16-21)22-8-4-2-5-9-22/h4,8-11,16,20,23,26-27,30-32H,2-3,5-7,13,15,17-19H2,1H3/t20?,23-,26+,27-/m0/s1. The maximum Gasteiger partial charge on any atom is 0.131 e. The summed E-state index contributed by atoms with van der Waals surface area (Å²) in [6.07, 6.45) is 11.9. The molecule has 3 rings (SSSR count). The zero-order valence-corrected chi connectivity index (χ0v) is 19.4. The number of likely N-dealkylation sites (tertiary alicyclic amines) is 1. The van der Waals surface area contributed by atoms with Gasteiger partial charge in [0, 0.05) is 31.1 Å². The van der Waals surface area contributed by atoms with Crippen molar-refractivity contribution in [3.8, 4) is 12.0 Å². The van der Waals surface area contributed by atoms with Gasteiger partial charge >= 0.3 is 0 Å². The molecule has 1 saturated heterocycles. The maximum atomic E-state index is 14.5. The molecule has 6 heteroatoms. The summed E-state index contributed by atoms with van der Waals surface area (Å²) in [5.74, 6) is 2.32. The van der Waals surface area contributed by atoms with Gasteiger partial charge in [0.15, 0.2) is 0 Å². The molecule has 2 aliphatic rings. The Morgan fingerprint density at radius 3 is 2.73 bits per heavy atom. The van der Waals surface area contributed by atoms with Crippen molar-refractivity contribution in [2.75, 3.05) is 19.7 Å². The Labute approximate surface area is 196 Å². The van der Waals surface area contributed by atoms with Crippen molar-refractivity contribution >= 4 is 5.57 Å². The highest BCUT2D eigenvalue weighted by molar-refractivity contribution is 5.75. The summed E-state index contributed by atoms with van der Waals surface area (Å²) < 4.78 is 20.2. The maximum absolute atomic E-state index is 14.5. The van der Waals surface area contributed by atoms with Gasteiger partial charge in [0.05, 0.1) is 24.9 Å². The van der Waals surface area contributed by atoms with E-state index in [4.69, 9.17) is 9.84 Å². The van der Waals surface area contributed by atoms with Crippen LogP contribution in [0.3, 0.4) is 0 Å². The summed E-state index contributed by atoms with van der Waals surface area (Å²) >= 11 is 0. The van der Waals surface area contributed by atoms with E-state index in [1.54, 1.807) is 6.07 Å². The van der Waals surface area contributed by atoms with Gasteiger partial charge in [-0.1, -0.05) is 37.3 Å². The molecule has 1 aromatic carbocycles. The Balaban J connectivity index is 1.37. The molecular weight excluding hydrogens is 421 g/mol. The SMILES string of the molecule is CC1[C@H](O)C[C@H](C#CO)N(CCCCCOCc2ccc(C3=CCCC=C3)c(F)c2)C[C@@H]1O. The van der Waals surface area contributed by atoms with Gasteiger partial charge in [-0.15, -0.1) is 0 Å². The molecule has 1 aliphatic heterocycles. The molecule has 180 valence electrons. The summed E-state index contributed by atoms with van der Waals surface area (Å²) in [6, 6.07) is 5.04. The number of allylic oxidation sites excluding steroid dienone is 4. The summed E-state index contributed by atoms with van der Waals surface area (Å²) in [5.41, 5.74) is 2.41. The largest absolute Gasteiger partial charge is 0.462 e. The average molecular weight is 458 g/mol. The number of aliphatic hydroxyl groups is 3. The zero-order valence-electron chi connectivity index (χ0n) is 19.4. The number of benzene rings is 1. The number of ether oxygens (including phenoxy) is 1. The predicted octanol–water partition coefficient (Wildman–Crippen LogP) is 4.01. The number of hydrogen-bond donors (Lipinski definition) is 3. The van der Waals surface area contributed by atoms with E-state index in [-0.39, 0.29) is 17.8 Å². The van der Waals surface area contributed by atoms with Gasteiger partial charge in [0.25, 0.3) is 0 Å². The highest BCUT2D eigenvalue weighted by Gasteiger charge is 2.33. The van der Waals surface area contributed by atoms with Gasteiger partial charge in [0.2, 0.25) is 0 Å².